The summed E-state index contributed by atoms with van der Waals surface area (Å²) >= 11 is 6.19. The Morgan fingerprint density at radius 1 is 1.17 bits per heavy atom. The van der Waals surface area contributed by atoms with Gasteiger partial charge in [0.05, 0.1) is 22.5 Å². The summed E-state index contributed by atoms with van der Waals surface area (Å²) in [6.07, 6.45) is -0.524. The fourth-order valence-electron chi connectivity index (χ4n) is 2.97. The van der Waals surface area contributed by atoms with Crippen LogP contribution in [0.5, 0.6) is 0 Å². The van der Waals surface area contributed by atoms with E-state index in [1.807, 2.05) is 10.7 Å². The van der Waals surface area contributed by atoms with E-state index in [0.717, 1.165) is 22.4 Å². The van der Waals surface area contributed by atoms with Crippen LogP contribution in [-0.4, -0.2) is 37.5 Å². The number of fused-ring (bicyclic) bond motifs is 1. The van der Waals surface area contributed by atoms with E-state index in [-0.39, 0.29) is 12.0 Å². The zero-order chi connectivity index (χ0) is 21.3. The molecular formula is C20H28ClN7O. The third-order valence-corrected chi connectivity index (χ3v) is 4.75. The lowest BCUT2D eigenvalue weighted by Gasteiger charge is -2.14. The number of aromatic nitrogens is 4. The second-order valence-electron chi connectivity index (χ2n) is 7.76. The third-order valence-electron chi connectivity index (χ3n) is 4.43. The highest BCUT2D eigenvalue weighted by Gasteiger charge is 2.22. The number of hydrogen-bond acceptors (Lipinski definition) is 7. The molecule has 1 unspecified atom stereocenters. The maximum absolute atomic E-state index is 9.63. The van der Waals surface area contributed by atoms with Crippen molar-refractivity contribution in [2.45, 2.75) is 52.7 Å². The van der Waals surface area contributed by atoms with Crippen LogP contribution in [0.15, 0.2) is 18.2 Å². The van der Waals surface area contributed by atoms with Crippen LogP contribution in [0, 0.1) is 0 Å². The molecule has 2 aromatic heterocycles. The number of nitrogens with two attached hydrogens (primary N) is 1. The number of aliphatic hydroxyl groups is 1. The Labute approximate surface area is 175 Å². The average Bonchev–Trinajstić information content (AvgIpc) is 3.03. The highest BCUT2D eigenvalue weighted by molar-refractivity contribution is 6.33. The number of nitrogens with zero attached hydrogens (tertiary/aromatic N) is 4. The van der Waals surface area contributed by atoms with Gasteiger partial charge in [0.2, 0.25) is 5.95 Å². The third kappa shape index (κ3) is 4.54. The molecule has 3 rings (SSSR count). The molecule has 0 aliphatic heterocycles. The Morgan fingerprint density at radius 2 is 1.90 bits per heavy atom. The smallest absolute Gasteiger partial charge is 0.225 e. The largest absolute Gasteiger partial charge is 0.398 e. The van der Waals surface area contributed by atoms with Gasteiger partial charge in [-0.05, 0) is 44.9 Å². The van der Waals surface area contributed by atoms with Crippen molar-refractivity contribution in [1.29, 1.82) is 0 Å². The first-order valence-corrected chi connectivity index (χ1v) is 10.1. The molecule has 5 N–H and O–H groups in total. The van der Waals surface area contributed by atoms with E-state index in [9.17, 15) is 5.11 Å². The monoisotopic (exact) mass is 417 g/mol. The number of benzene rings is 1. The van der Waals surface area contributed by atoms with Crippen molar-refractivity contribution in [3.63, 3.8) is 0 Å². The highest BCUT2D eigenvalue weighted by atomic mass is 35.5. The lowest BCUT2D eigenvalue weighted by Crippen LogP contribution is -2.17. The molecule has 0 saturated carbocycles. The normalized spacial score (nSPS) is 12.7. The van der Waals surface area contributed by atoms with Crippen LogP contribution in [0.2, 0.25) is 5.02 Å². The second kappa shape index (κ2) is 8.42. The summed E-state index contributed by atoms with van der Waals surface area (Å²) in [5.74, 6) is 1.22. The molecule has 0 radical (unpaired) electrons. The summed E-state index contributed by atoms with van der Waals surface area (Å²) in [7, 11) is 0. The molecule has 0 spiro atoms. The number of nitrogen functional groups attached to an aromatic ring is 1. The summed E-state index contributed by atoms with van der Waals surface area (Å²) in [4.78, 5) is 9.36. The standard InChI is InChI=1S/C20H28ClN7O/c1-10(2)16-17-18(28(27-16)11(3)4)19(26-20(25-17)23-9-12(5)29)24-13-6-7-15(22)14(21)8-13/h6-8,10-12,29H,9,22H2,1-5H3,(H2,23,24,25,26). The van der Waals surface area contributed by atoms with Gasteiger partial charge in [-0.3, -0.25) is 4.68 Å². The number of rotatable bonds is 7. The Morgan fingerprint density at radius 3 is 2.48 bits per heavy atom. The molecule has 156 valence electrons. The minimum atomic E-state index is -0.524. The minimum absolute atomic E-state index is 0.125. The van der Waals surface area contributed by atoms with E-state index < -0.39 is 6.10 Å². The molecule has 0 aliphatic rings. The van der Waals surface area contributed by atoms with Crippen molar-refractivity contribution in [2.24, 2.45) is 0 Å². The number of hydrogen-bond donors (Lipinski definition) is 4. The summed E-state index contributed by atoms with van der Waals surface area (Å²) in [5.41, 5.74) is 9.60. The van der Waals surface area contributed by atoms with E-state index in [1.54, 1.807) is 19.1 Å². The molecule has 2 heterocycles. The predicted octanol–water partition coefficient (Wildman–Crippen LogP) is 4.30. The van der Waals surface area contributed by atoms with Crippen LogP contribution in [0.3, 0.4) is 0 Å². The molecular weight excluding hydrogens is 390 g/mol. The van der Waals surface area contributed by atoms with Gasteiger partial charge in [0.25, 0.3) is 0 Å². The molecule has 9 heteroatoms. The molecule has 1 atom stereocenters. The van der Waals surface area contributed by atoms with Gasteiger partial charge in [-0.1, -0.05) is 25.4 Å². The molecule has 0 fully saturated rings. The van der Waals surface area contributed by atoms with Crippen molar-refractivity contribution in [2.75, 3.05) is 22.9 Å². The number of nitrogens with one attached hydrogen (secondary N) is 2. The van der Waals surface area contributed by atoms with Crippen molar-refractivity contribution in [3.05, 3.63) is 28.9 Å². The van der Waals surface area contributed by atoms with E-state index >= 15 is 0 Å². The SMILES string of the molecule is CC(O)CNc1nc(Nc2ccc(N)c(Cl)c2)c2c(n1)c(C(C)C)nn2C(C)C. The molecule has 29 heavy (non-hydrogen) atoms. The second-order valence-corrected chi connectivity index (χ2v) is 8.17. The molecule has 8 nitrogen and oxygen atoms in total. The topological polar surface area (TPSA) is 114 Å². The summed E-state index contributed by atoms with van der Waals surface area (Å²) in [5, 5.41) is 21.3. The molecule has 0 saturated heterocycles. The van der Waals surface area contributed by atoms with Gasteiger partial charge in [0.1, 0.15) is 11.0 Å². The average molecular weight is 418 g/mol. The Kier molecular flexibility index (Phi) is 6.14. The molecule has 0 amide bonds. The zero-order valence-electron chi connectivity index (χ0n) is 17.4. The fraction of sp³-hybridized carbons (Fsp3) is 0.450. The zero-order valence-corrected chi connectivity index (χ0v) is 18.1. The van der Waals surface area contributed by atoms with Gasteiger partial charge in [0, 0.05) is 18.3 Å². The van der Waals surface area contributed by atoms with Gasteiger partial charge in [0.15, 0.2) is 5.82 Å². The number of halogens is 1. The van der Waals surface area contributed by atoms with Crippen molar-refractivity contribution in [3.8, 4) is 0 Å². The van der Waals surface area contributed by atoms with Gasteiger partial charge < -0.3 is 21.5 Å². The van der Waals surface area contributed by atoms with Crippen LogP contribution >= 0.6 is 11.6 Å². The van der Waals surface area contributed by atoms with Crippen molar-refractivity contribution < 1.29 is 5.11 Å². The van der Waals surface area contributed by atoms with Crippen molar-refractivity contribution >= 4 is 45.8 Å². The predicted molar refractivity (Wildman–Crippen MR) is 119 cm³/mol. The first kappa shape index (κ1) is 21.1. The first-order chi connectivity index (χ1) is 13.7. The van der Waals surface area contributed by atoms with Gasteiger partial charge >= 0.3 is 0 Å². The van der Waals surface area contributed by atoms with Crippen LogP contribution in [-0.2, 0) is 0 Å². The number of anilines is 4. The van der Waals surface area contributed by atoms with Gasteiger partial charge in [-0.25, -0.2) is 4.98 Å². The Balaban J connectivity index is 2.19. The van der Waals surface area contributed by atoms with E-state index in [0.29, 0.717) is 29.0 Å². The molecule has 1 aromatic carbocycles. The van der Waals surface area contributed by atoms with E-state index in [1.165, 1.54) is 0 Å². The Hall–Kier alpha value is -2.58. The maximum atomic E-state index is 9.63. The fourth-order valence-corrected chi connectivity index (χ4v) is 3.15. The molecule has 0 bridgehead atoms. The van der Waals surface area contributed by atoms with Crippen LogP contribution in [0.25, 0.3) is 11.0 Å². The van der Waals surface area contributed by atoms with Crippen LogP contribution < -0.4 is 16.4 Å². The van der Waals surface area contributed by atoms with Crippen LogP contribution in [0.1, 0.15) is 52.3 Å². The van der Waals surface area contributed by atoms with Crippen LogP contribution in [0.4, 0.5) is 23.1 Å². The summed E-state index contributed by atoms with van der Waals surface area (Å²) in [6, 6.07) is 5.47. The van der Waals surface area contributed by atoms with Gasteiger partial charge in [-0.2, -0.15) is 10.1 Å². The van der Waals surface area contributed by atoms with E-state index in [2.05, 4.69) is 43.3 Å². The number of aliphatic hydroxyl groups excluding tert-OH is 1. The lowest BCUT2D eigenvalue weighted by molar-refractivity contribution is 0.208. The van der Waals surface area contributed by atoms with Crippen molar-refractivity contribution in [1.82, 2.24) is 19.7 Å². The Bertz CT molecular complexity index is 1010. The van der Waals surface area contributed by atoms with E-state index in [4.69, 9.17) is 27.4 Å². The summed E-state index contributed by atoms with van der Waals surface area (Å²) in [6.45, 7) is 10.4. The summed E-state index contributed by atoms with van der Waals surface area (Å²) < 4.78 is 1.93. The minimum Gasteiger partial charge on any atom is -0.398 e. The lowest BCUT2D eigenvalue weighted by atomic mass is 10.1. The molecule has 3 aromatic rings. The first-order valence-electron chi connectivity index (χ1n) is 9.71. The quantitative estimate of drug-likeness (QED) is 0.423. The highest BCUT2D eigenvalue weighted by Crippen LogP contribution is 2.33. The van der Waals surface area contributed by atoms with Gasteiger partial charge in [-0.15, -0.1) is 0 Å². The maximum Gasteiger partial charge on any atom is 0.225 e. The molecule has 0 aliphatic carbocycles.